The first-order chi connectivity index (χ1) is 6.65. The van der Waals surface area contributed by atoms with E-state index in [9.17, 15) is 9.50 Å². The molecule has 2 N–H and O–H groups in total. The predicted molar refractivity (Wildman–Crippen MR) is 54.5 cm³/mol. The number of hydrogen-bond acceptors (Lipinski definition) is 2. The molecule has 0 amide bonds. The Labute approximate surface area is 83.8 Å². The van der Waals surface area contributed by atoms with Crippen molar-refractivity contribution in [2.45, 2.75) is 26.0 Å². The maximum atomic E-state index is 12.8. The molecule has 2 atom stereocenters. The monoisotopic (exact) mass is 197 g/mol. The summed E-state index contributed by atoms with van der Waals surface area (Å²) in [5.74, 6) is -0.315. The molecule has 2 unspecified atom stereocenters. The highest BCUT2D eigenvalue weighted by molar-refractivity contribution is 5.19. The summed E-state index contributed by atoms with van der Waals surface area (Å²) in [4.78, 5) is 0. The lowest BCUT2D eigenvalue weighted by Gasteiger charge is -2.19. The second kappa shape index (κ2) is 5.08. The Kier molecular flexibility index (Phi) is 4.04. The Morgan fingerprint density at radius 1 is 1.50 bits per heavy atom. The van der Waals surface area contributed by atoms with Gasteiger partial charge in [0.25, 0.3) is 0 Å². The van der Waals surface area contributed by atoms with E-state index in [0.29, 0.717) is 5.56 Å². The smallest absolute Gasteiger partial charge is 0.123 e. The number of hydrogen-bond donors (Lipinski definition) is 2. The van der Waals surface area contributed by atoms with Gasteiger partial charge in [0.1, 0.15) is 5.82 Å². The van der Waals surface area contributed by atoms with E-state index in [1.165, 1.54) is 12.1 Å². The fourth-order valence-corrected chi connectivity index (χ4v) is 1.41. The molecule has 0 heterocycles. The largest absolute Gasteiger partial charge is 0.387 e. The van der Waals surface area contributed by atoms with Gasteiger partial charge in [-0.15, -0.1) is 0 Å². The van der Waals surface area contributed by atoms with Crippen molar-refractivity contribution in [2.75, 3.05) is 6.54 Å². The first-order valence-electron chi connectivity index (χ1n) is 4.82. The molecule has 0 aliphatic rings. The summed E-state index contributed by atoms with van der Waals surface area (Å²) < 4.78 is 12.8. The van der Waals surface area contributed by atoms with Crippen LogP contribution in [0.2, 0.25) is 0 Å². The van der Waals surface area contributed by atoms with Crippen LogP contribution in [-0.2, 0) is 0 Å². The molecule has 78 valence electrons. The molecule has 0 spiro atoms. The van der Waals surface area contributed by atoms with Crippen molar-refractivity contribution in [3.63, 3.8) is 0 Å². The van der Waals surface area contributed by atoms with Crippen molar-refractivity contribution in [3.05, 3.63) is 35.6 Å². The Morgan fingerprint density at radius 2 is 2.21 bits per heavy atom. The summed E-state index contributed by atoms with van der Waals surface area (Å²) in [6, 6.07) is 5.99. The highest BCUT2D eigenvalue weighted by Gasteiger charge is 2.15. The third-order valence-corrected chi connectivity index (χ3v) is 2.19. The summed E-state index contributed by atoms with van der Waals surface area (Å²) in [7, 11) is 0. The topological polar surface area (TPSA) is 32.3 Å². The van der Waals surface area contributed by atoms with Gasteiger partial charge in [-0.3, -0.25) is 0 Å². The normalized spacial score (nSPS) is 15.1. The number of aliphatic hydroxyl groups is 1. The van der Waals surface area contributed by atoms with Crippen LogP contribution in [0.15, 0.2) is 24.3 Å². The number of halogens is 1. The zero-order chi connectivity index (χ0) is 10.6. The highest BCUT2D eigenvalue weighted by Crippen LogP contribution is 2.17. The third kappa shape index (κ3) is 2.79. The van der Waals surface area contributed by atoms with Crippen LogP contribution < -0.4 is 5.32 Å². The molecule has 14 heavy (non-hydrogen) atoms. The van der Waals surface area contributed by atoms with Crippen molar-refractivity contribution >= 4 is 0 Å². The minimum atomic E-state index is -0.661. The molecule has 0 saturated carbocycles. The van der Waals surface area contributed by atoms with Crippen molar-refractivity contribution in [1.82, 2.24) is 5.32 Å². The fourth-order valence-electron chi connectivity index (χ4n) is 1.41. The summed E-state index contributed by atoms with van der Waals surface area (Å²) in [6.07, 6.45) is -0.661. The van der Waals surface area contributed by atoms with Crippen molar-refractivity contribution in [1.29, 1.82) is 0 Å². The second-order valence-corrected chi connectivity index (χ2v) is 3.35. The maximum Gasteiger partial charge on any atom is 0.123 e. The predicted octanol–water partition coefficient (Wildman–Crippen LogP) is 1.86. The summed E-state index contributed by atoms with van der Waals surface area (Å²) in [5.41, 5.74) is 0.610. The van der Waals surface area contributed by atoms with Gasteiger partial charge in [-0.2, -0.15) is 0 Å². The molecule has 0 aliphatic heterocycles. The lowest BCUT2D eigenvalue weighted by atomic mass is 10.0. The number of benzene rings is 1. The van der Waals surface area contributed by atoms with Crippen LogP contribution >= 0.6 is 0 Å². The van der Waals surface area contributed by atoms with E-state index in [2.05, 4.69) is 5.32 Å². The average Bonchev–Trinajstić information content (AvgIpc) is 2.17. The Bertz CT molecular complexity index is 290. The van der Waals surface area contributed by atoms with E-state index < -0.39 is 6.10 Å². The molecule has 3 heteroatoms. The molecule has 1 aromatic rings. The van der Waals surface area contributed by atoms with Crippen LogP contribution in [0.3, 0.4) is 0 Å². The van der Waals surface area contributed by atoms with E-state index >= 15 is 0 Å². The first kappa shape index (κ1) is 11.1. The minimum absolute atomic E-state index is 0.0678. The summed E-state index contributed by atoms with van der Waals surface area (Å²) in [5, 5.41) is 12.9. The highest BCUT2D eigenvalue weighted by atomic mass is 19.1. The van der Waals surface area contributed by atoms with Crippen LogP contribution in [-0.4, -0.2) is 17.7 Å². The minimum Gasteiger partial charge on any atom is -0.387 e. The zero-order valence-electron chi connectivity index (χ0n) is 8.50. The Hall–Kier alpha value is -0.930. The lowest BCUT2D eigenvalue weighted by Crippen LogP contribution is -2.31. The molecule has 0 saturated heterocycles. The average molecular weight is 197 g/mol. The van der Waals surface area contributed by atoms with Crippen molar-refractivity contribution in [2.24, 2.45) is 0 Å². The molecule has 0 bridgehead atoms. The van der Waals surface area contributed by atoms with Gasteiger partial charge in [-0.1, -0.05) is 19.1 Å². The lowest BCUT2D eigenvalue weighted by molar-refractivity contribution is 0.137. The van der Waals surface area contributed by atoms with Crippen LogP contribution in [0.1, 0.15) is 25.5 Å². The molecule has 0 aliphatic carbocycles. The SMILES string of the molecule is CCNC(C)C(O)c1cccc(F)c1. The number of nitrogens with one attached hydrogen (secondary N) is 1. The fraction of sp³-hybridized carbons (Fsp3) is 0.455. The molecule has 1 rings (SSSR count). The van der Waals surface area contributed by atoms with E-state index in [1.54, 1.807) is 12.1 Å². The van der Waals surface area contributed by atoms with E-state index in [4.69, 9.17) is 0 Å². The number of rotatable bonds is 4. The molecule has 0 aromatic heterocycles. The quantitative estimate of drug-likeness (QED) is 0.772. The Morgan fingerprint density at radius 3 is 2.79 bits per heavy atom. The molecule has 2 nitrogen and oxygen atoms in total. The van der Waals surface area contributed by atoms with Crippen LogP contribution in [0.4, 0.5) is 4.39 Å². The molecular weight excluding hydrogens is 181 g/mol. The Balaban J connectivity index is 2.73. The van der Waals surface area contributed by atoms with Gasteiger partial charge in [0.2, 0.25) is 0 Å². The van der Waals surface area contributed by atoms with Gasteiger partial charge in [0, 0.05) is 6.04 Å². The number of aliphatic hydroxyl groups excluding tert-OH is 1. The number of likely N-dealkylation sites (N-methyl/N-ethyl adjacent to an activating group) is 1. The van der Waals surface area contributed by atoms with E-state index in [0.717, 1.165) is 6.54 Å². The van der Waals surface area contributed by atoms with Crippen LogP contribution in [0.25, 0.3) is 0 Å². The molecule has 0 radical (unpaired) electrons. The van der Waals surface area contributed by atoms with E-state index in [-0.39, 0.29) is 11.9 Å². The van der Waals surface area contributed by atoms with Crippen molar-refractivity contribution < 1.29 is 9.50 Å². The molecule has 0 fully saturated rings. The van der Waals surface area contributed by atoms with Crippen LogP contribution in [0, 0.1) is 5.82 Å². The van der Waals surface area contributed by atoms with Gasteiger partial charge in [-0.25, -0.2) is 4.39 Å². The van der Waals surface area contributed by atoms with Gasteiger partial charge in [0.15, 0.2) is 0 Å². The molecule has 1 aromatic carbocycles. The first-order valence-corrected chi connectivity index (χ1v) is 4.82. The summed E-state index contributed by atoms with van der Waals surface area (Å²) in [6.45, 7) is 4.63. The van der Waals surface area contributed by atoms with Gasteiger partial charge in [0.05, 0.1) is 6.10 Å². The van der Waals surface area contributed by atoms with Gasteiger partial charge < -0.3 is 10.4 Å². The van der Waals surface area contributed by atoms with Gasteiger partial charge in [-0.05, 0) is 31.2 Å². The van der Waals surface area contributed by atoms with E-state index in [1.807, 2.05) is 13.8 Å². The zero-order valence-corrected chi connectivity index (χ0v) is 8.50. The third-order valence-electron chi connectivity index (χ3n) is 2.19. The van der Waals surface area contributed by atoms with Crippen molar-refractivity contribution in [3.8, 4) is 0 Å². The summed E-state index contributed by atoms with van der Waals surface area (Å²) >= 11 is 0. The standard InChI is InChI=1S/C11H16FNO/c1-3-13-8(2)11(14)9-5-4-6-10(12)7-9/h4-8,11,13-14H,3H2,1-2H3. The maximum absolute atomic E-state index is 12.8. The second-order valence-electron chi connectivity index (χ2n) is 3.35. The van der Waals surface area contributed by atoms with Gasteiger partial charge >= 0.3 is 0 Å². The van der Waals surface area contributed by atoms with Crippen LogP contribution in [0.5, 0.6) is 0 Å². The molecular formula is C11H16FNO.